The molecule has 0 radical (unpaired) electrons. The van der Waals surface area contributed by atoms with Gasteiger partial charge in [-0.05, 0) is 42.5 Å². The van der Waals surface area contributed by atoms with Crippen molar-refractivity contribution < 1.29 is 0 Å². The zero-order chi connectivity index (χ0) is 17.7. The monoisotopic (exact) mass is 390 g/mol. The first kappa shape index (κ1) is 17.3. The molecule has 3 aromatic rings. The Balaban J connectivity index is 1.95. The molecule has 2 aromatic heterocycles. The highest BCUT2D eigenvalue weighted by molar-refractivity contribution is 7.99. The number of hydrogen-bond acceptors (Lipinski definition) is 2. The maximum absolute atomic E-state index is 6.24. The number of fused-ring (bicyclic) bond motifs is 3. The molecule has 0 fully saturated rings. The molecule has 0 saturated carbocycles. The third kappa shape index (κ3) is 2.87. The molecule has 1 unspecified atom stereocenters. The van der Waals surface area contributed by atoms with E-state index in [0.717, 1.165) is 11.4 Å². The lowest BCUT2D eigenvalue weighted by Crippen LogP contribution is -1.95. The number of nitrogens with zero attached hydrogens (tertiary/aromatic N) is 2. The molecule has 0 spiro atoms. The van der Waals surface area contributed by atoms with Gasteiger partial charge >= 0.3 is 0 Å². The Morgan fingerprint density at radius 2 is 2.00 bits per heavy atom. The molecule has 1 aliphatic heterocycles. The van der Waals surface area contributed by atoms with Crippen LogP contribution in [0.4, 0.5) is 0 Å². The predicted molar refractivity (Wildman–Crippen MR) is 107 cm³/mol. The van der Waals surface area contributed by atoms with E-state index in [9.17, 15) is 0 Å². The van der Waals surface area contributed by atoms with E-state index in [-0.39, 0.29) is 0 Å². The highest BCUT2D eigenvalue weighted by atomic mass is 35.5. The van der Waals surface area contributed by atoms with Crippen molar-refractivity contribution in [3.05, 3.63) is 51.9 Å². The molecule has 4 rings (SSSR count). The molecule has 0 amide bonds. The van der Waals surface area contributed by atoms with Crippen molar-refractivity contribution in [1.82, 2.24) is 9.55 Å². The smallest absolute Gasteiger partial charge is 0.0603 e. The Hall–Kier alpha value is -1.16. The summed E-state index contributed by atoms with van der Waals surface area (Å²) in [5, 5.41) is 2.49. The second-order valence-electron chi connectivity index (χ2n) is 6.98. The molecular formula is C20H20Cl2N2S. The van der Waals surface area contributed by atoms with Crippen LogP contribution in [0.3, 0.4) is 0 Å². The van der Waals surface area contributed by atoms with Crippen LogP contribution in [0.2, 0.25) is 10.0 Å². The average molecular weight is 391 g/mol. The number of pyridine rings is 1. The Kier molecular flexibility index (Phi) is 4.51. The highest BCUT2D eigenvalue weighted by Crippen LogP contribution is 2.47. The summed E-state index contributed by atoms with van der Waals surface area (Å²) in [4.78, 5) is 7.15. The molecule has 1 aliphatic rings. The third-order valence-corrected chi connectivity index (χ3v) is 6.76. The first-order valence-corrected chi connectivity index (χ1v) is 10.2. The summed E-state index contributed by atoms with van der Waals surface area (Å²) in [7, 11) is 0. The third-order valence-electron chi connectivity index (χ3n) is 4.91. The number of hydrogen-bond donors (Lipinski definition) is 0. The number of halogens is 2. The normalized spacial score (nSPS) is 16.8. The molecule has 1 aromatic carbocycles. The van der Waals surface area contributed by atoms with Crippen molar-refractivity contribution in [2.45, 2.75) is 55.4 Å². The molecule has 0 aliphatic carbocycles. The van der Waals surface area contributed by atoms with E-state index in [2.05, 4.69) is 31.4 Å². The van der Waals surface area contributed by atoms with Crippen LogP contribution in [0.5, 0.6) is 0 Å². The summed E-state index contributed by atoms with van der Waals surface area (Å²) in [6.45, 7) is 7.82. The van der Waals surface area contributed by atoms with Gasteiger partial charge in [0.25, 0.3) is 0 Å². The van der Waals surface area contributed by atoms with Gasteiger partial charge in [-0.2, -0.15) is 0 Å². The summed E-state index contributed by atoms with van der Waals surface area (Å²) in [5.74, 6) is 0.938. The molecule has 0 saturated heterocycles. The quantitative estimate of drug-likeness (QED) is 0.473. The van der Waals surface area contributed by atoms with Crippen LogP contribution in [0.25, 0.3) is 10.9 Å². The molecule has 25 heavy (non-hydrogen) atoms. The zero-order valence-corrected chi connectivity index (χ0v) is 16.8. The van der Waals surface area contributed by atoms with E-state index in [1.165, 1.54) is 33.6 Å². The maximum Gasteiger partial charge on any atom is 0.0603 e. The van der Waals surface area contributed by atoms with Gasteiger partial charge in [-0.1, -0.05) is 55.7 Å². The summed E-state index contributed by atoms with van der Waals surface area (Å²) in [6, 6.07) is 8.02. The molecule has 1 atom stereocenters. The number of rotatable bonds is 3. The fourth-order valence-corrected chi connectivity index (χ4v) is 5.33. The first-order chi connectivity index (χ1) is 12.0. The standard InChI is InChI=1S/C20H20Cl2N2S/c1-11(2)18-17-16(6-8-23-18)24-9-7-12(3)19(24)20(17)25-13-4-5-14(21)15(22)10-13/h4-6,8,10-12H,7,9H2,1-3H3. The second-order valence-corrected chi connectivity index (χ2v) is 8.88. The van der Waals surface area contributed by atoms with Crippen LogP contribution >= 0.6 is 35.0 Å². The van der Waals surface area contributed by atoms with E-state index >= 15 is 0 Å². The topological polar surface area (TPSA) is 17.8 Å². The van der Waals surface area contributed by atoms with Crippen molar-refractivity contribution >= 4 is 45.9 Å². The van der Waals surface area contributed by atoms with E-state index in [0.29, 0.717) is 21.9 Å². The predicted octanol–water partition coefficient (Wildman–Crippen LogP) is 7.12. The molecule has 130 valence electrons. The Labute approximate surface area is 162 Å². The second kappa shape index (κ2) is 6.53. The van der Waals surface area contributed by atoms with Gasteiger partial charge in [0.05, 0.1) is 21.3 Å². The van der Waals surface area contributed by atoms with Crippen molar-refractivity contribution in [2.24, 2.45) is 0 Å². The van der Waals surface area contributed by atoms with Gasteiger partial charge in [0, 0.05) is 33.6 Å². The van der Waals surface area contributed by atoms with Crippen LogP contribution in [-0.4, -0.2) is 9.55 Å². The zero-order valence-electron chi connectivity index (χ0n) is 14.5. The Bertz CT molecular complexity index is 962. The fraction of sp³-hybridized carbons (Fsp3) is 0.350. The van der Waals surface area contributed by atoms with Crippen LogP contribution in [0.15, 0.2) is 40.3 Å². The van der Waals surface area contributed by atoms with Crippen molar-refractivity contribution in [3.63, 3.8) is 0 Å². The Morgan fingerprint density at radius 3 is 2.72 bits per heavy atom. The van der Waals surface area contributed by atoms with Crippen LogP contribution in [0, 0.1) is 0 Å². The minimum atomic E-state index is 0.385. The van der Waals surface area contributed by atoms with Crippen LogP contribution in [-0.2, 0) is 6.54 Å². The van der Waals surface area contributed by atoms with Gasteiger partial charge in [-0.25, -0.2) is 0 Å². The number of benzene rings is 1. The molecule has 0 bridgehead atoms. The Morgan fingerprint density at radius 1 is 1.20 bits per heavy atom. The van der Waals surface area contributed by atoms with Crippen molar-refractivity contribution in [1.29, 1.82) is 0 Å². The largest absolute Gasteiger partial charge is 0.343 e. The summed E-state index contributed by atoms with van der Waals surface area (Å²) in [5.41, 5.74) is 3.91. The van der Waals surface area contributed by atoms with E-state index in [1.807, 2.05) is 24.4 Å². The summed E-state index contributed by atoms with van der Waals surface area (Å²) >= 11 is 14.1. The minimum absolute atomic E-state index is 0.385. The number of aromatic nitrogens is 2. The van der Waals surface area contributed by atoms with Gasteiger partial charge in [0.1, 0.15) is 0 Å². The molecule has 0 N–H and O–H groups in total. The fourth-order valence-electron chi connectivity index (χ4n) is 3.69. The molecule has 2 nitrogen and oxygen atoms in total. The first-order valence-electron chi connectivity index (χ1n) is 8.61. The van der Waals surface area contributed by atoms with Crippen molar-refractivity contribution in [2.75, 3.05) is 0 Å². The van der Waals surface area contributed by atoms with E-state index in [1.54, 1.807) is 11.8 Å². The summed E-state index contributed by atoms with van der Waals surface area (Å²) in [6.07, 6.45) is 3.14. The van der Waals surface area contributed by atoms with E-state index < -0.39 is 0 Å². The van der Waals surface area contributed by atoms with Gasteiger partial charge < -0.3 is 4.57 Å². The highest BCUT2D eigenvalue weighted by Gasteiger charge is 2.29. The van der Waals surface area contributed by atoms with E-state index in [4.69, 9.17) is 28.2 Å². The maximum atomic E-state index is 6.24. The summed E-state index contributed by atoms with van der Waals surface area (Å²) < 4.78 is 2.48. The van der Waals surface area contributed by atoms with Gasteiger partial charge in [0.2, 0.25) is 0 Å². The lowest BCUT2D eigenvalue weighted by Gasteiger charge is -2.11. The minimum Gasteiger partial charge on any atom is -0.343 e. The molecule has 5 heteroatoms. The van der Waals surface area contributed by atoms with Crippen molar-refractivity contribution in [3.8, 4) is 0 Å². The SMILES string of the molecule is CC(C)c1nccc2c1c(Sc1ccc(Cl)c(Cl)c1)c1n2CCC1C. The van der Waals surface area contributed by atoms with Crippen LogP contribution < -0.4 is 0 Å². The molecular weight excluding hydrogens is 371 g/mol. The van der Waals surface area contributed by atoms with Gasteiger partial charge in [0.15, 0.2) is 0 Å². The average Bonchev–Trinajstić information content (AvgIpc) is 3.10. The lowest BCUT2D eigenvalue weighted by atomic mass is 10.0. The number of aryl methyl sites for hydroxylation is 1. The van der Waals surface area contributed by atoms with Gasteiger partial charge in [-0.15, -0.1) is 0 Å². The molecule has 3 heterocycles. The lowest BCUT2D eigenvalue weighted by molar-refractivity contribution is 0.710. The van der Waals surface area contributed by atoms with Gasteiger partial charge in [-0.3, -0.25) is 4.98 Å². The van der Waals surface area contributed by atoms with Crippen LogP contribution in [0.1, 0.15) is 50.4 Å².